The SMILES string of the molecule is COC1CCN(C(=O)C(=O)NCC#N)CC1. The maximum absolute atomic E-state index is 11.6. The highest BCUT2D eigenvalue weighted by molar-refractivity contribution is 6.35. The number of methoxy groups -OCH3 is 1. The third-order valence-corrected chi connectivity index (χ3v) is 2.58. The van der Waals surface area contributed by atoms with E-state index in [0.717, 1.165) is 12.8 Å². The number of nitrogens with zero attached hydrogens (tertiary/aromatic N) is 2. The van der Waals surface area contributed by atoms with Gasteiger partial charge in [0.1, 0.15) is 6.54 Å². The summed E-state index contributed by atoms with van der Waals surface area (Å²) in [6.45, 7) is 0.910. The van der Waals surface area contributed by atoms with Crippen LogP contribution in [0.5, 0.6) is 0 Å². The van der Waals surface area contributed by atoms with Gasteiger partial charge in [-0.25, -0.2) is 0 Å². The molecule has 1 aliphatic heterocycles. The van der Waals surface area contributed by atoms with Crippen LogP contribution in [0.25, 0.3) is 0 Å². The van der Waals surface area contributed by atoms with E-state index in [-0.39, 0.29) is 12.6 Å². The lowest BCUT2D eigenvalue weighted by molar-refractivity contribution is -0.147. The zero-order valence-electron chi connectivity index (χ0n) is 9.23. The third-order valence-electron chi connectivity index (χ3n) is 2.58. The maximum atomic E-state index is 11.6. The summed E-state index contributed by atoms with van der Waals surface area (Å²) in [5.41, 5.74) is 0. The third kappa shape index (κ3) is 3.21. The van der Waals surface area contributed by atoms with E-state index in [4.69, 9.17) is 10.00 Å². The molecule has 1 saturated heterocycles. The molecule has 6 nitrogen and oxygen atoms in total. The number of hydrogen-bond donors (Lipinski definition) is 1. The molecule has 0 atom stereocenters. The first-order chi connectivity index (χ1) is 7.69. The number of carbonyl (C=O) groups excluding carboxylic acids is 2. The van der Waals surface area contributed by atoms with Gasteiger partial charge in [0.25, 0.3) is 0 Å². The quantitative estimate of drug-likeness (QED) is 0.496. The highest BCUT2D eigenvalue weighted by Crippen LogP contribution is 2.12. The molecule has 1 aliphatic rings. The summed E-state index contributed by atoms with van der Waals surface area (Å²) in [5, 5.41) is 10.5. The van der Waals surface area contributed by atoms with Crippen LogP contribution in [0.15, 0.2) is 0 Å². The van der Waals surface area contributed by atoms with Crippen LogP contribution in [0.1, 0.15) is 12.8 Å². The number of piperidine rings is 1. The van der Waals surface area contributed by atoms with Crippen LogP contribution >= 0.6 is 0 Å². The van der Waals surface area contributed by atoms with Crippen LogP contribution in [0.4, 0.5) is 0 Å². The van der Waals surface area contributed by atoms with E-state index in [1.165, 1.54) is 4.90 Å². The summed E-state index contributed by atoms with van der Waals surface area (Å²) in [6.07, 6.45) is 1.66. The number of carbonyl (C=O) groups is 2. The molecule has 0 aromatic carbocycles. The Morgan fingerprint density at radius 3 is 2.62 bits per heavy atom. The molecule has 1 fully saturated rings. The van der Waals surface area contributed by atoms with Gasteiger partial charge in [0.15, 0.2) is 0 Å². The van der Waals surface area contributed by atoms with Gasteiger partial charge < -0.3 is 15.0 Å². The van der Waals surface area contributed by atoms with Crippen LogP contribution in [0.2, 0.25) is 0 Å². The van der Waals surface area contributed by atoms with E-state index in [1.54, 1.807) is 13.2 Å². The van der Waals surface area contributed by atoms with Crippen molar-refractivity contribution in [2.24, 2.45) is 0 Å². The maximum Gasteiger partial charge on any atom is 0.311 e. The summed E-state index contributed by atoms with van der Waals surface area (Å²) in [4.78, 5) is 24.3. The van der Waals surface area contributed by atoms with Gasteiger partial charge in [0.05, 0.1) is 12.2 Å². The average Bonchev–Trinajstić information content (AvgIpc) is 2.35. The molecule has 2 amide bonds. The molecule has 1 heterocycles. The van der Waals surface area contributed by atoms with Gasteiger partial charge in [-0.15, -0.1) is 0 Å². The van der Waals surface area contributed by atoms with Gasteiger partial charge in [-0.05, 0) is 12.8 Å². The Balaban J connectivity index is 2.38. The number of nitriles is 1. The monoisotopic (exact) mass is 225 g/mol. The second-order valence-corrected chi connectivity index (χ2v) is 3.57. The Hall–Kier alpha value is -1.61. The number of ether oxygens (including phenoxy) is 1. The zero-order valence-corrected chi connectivity index (χ0v) is 9.23. The highest BCUT2D eigenvalue weighted by atomic mass is 16.5. The number of amides is 2. The first kappa shape index (κ1) is 12.5. The molecule has 88 valence electrons. The molecule has 0 radical (unpaired) electrons. The summed E-state index contributed by atoms with van der Waals surface area (Å²) < 4.78 is 5.16. The average molecular weight is 225 g/mol. The van der Waals surface area contributed by atoms with Gasteiger partial charge in [0, 0.05) is 20.2 Å². The van der Waals surface area contributed by atoms with Crippen molar-refractivity contribution in [3.05, 3.63) is 0 Å². The van der Waals surface area contributed by atoms with E-state index >= 15 is 0 Å². The minimum atomic E-state index is -0.711. The summed E-state index contributed by atoms with van der Waals surface area (Å²) in [7, 11) is 1.64. The van der Waals surface area contributed by atoms with E-state index in [1.807, 2.05) is 0 Å². The Labute approximate surface area is 94.2 Å². The van der Waals surface area contributed by atoms with E-state index in [2.05, 4.69) is 5.32 Å². The number of likely N-dealkylation sites (tertiary alicyclic amines) is 1. The van der Waals surface area contributed by atoms with Crippen molar-refractivity contribution in [2.75, 3.05) is 26.7 Å². The molecule has 0 unspecified atom stereocenters. The molecule has 0 bridgehead atoms. The van der Waals surface area contributed by atoms with Crippen LogP contribution in [0.3, 0.4) is 0 Å². The highest BCUT2D eigenvalue weighted by Gasteiger charge is 2.26. The van der Waals surface area contributed by atoms with Crippen LogP contribution in [-0.2, 0) is 14.3 Å². The molecule has 0 saturated carbocycles. The molecule has 16 heavy (non-hydrogen) atoms. The van der Waals surface area contributed by atoms with Crippen molar-refractivity contribution in [3.8, 4) is 6.07 Å². The Morgan fingerprint density at radius 1 is 1.50 bits per heavy atom. The summed E-state index contributed by atoms with van der Waals surface area (Å²) >= 11 is 0. The van der Waals surface area contributed by atoms with Crippen molar-refractivity contribution >= 4 is 11.8 Å². The van der Waals surface area contributed by atoms with E-state index < -0.39 is 11.8 Å². The minimum Gasteiger partial charge on any atom is -0.381 e. The van der Waals surface area contributed by atoms with Crippen LogP contribution < -0.4 is 5.32 Å². The Morgan fingerprint density at radius 2 is 2.12 bits per heavy atom. The number of nitrogens with one attached hydrogen (secondary N) is 1. The van der Waals surface area contributed by atoms with Crippen molar-refractivity contribution in [1.29, 1.82) is 5.26 Å². The van der Waals surface area contributed by atoms with E-state index in [9.17, 15) is 9.59 Å². The molecular formula is C10H15N3O3. The summed E-state index contributed by atoms with van der Waals surface area (Å²) in [6, 6.07) is 1.75. The predicted molar refractivity (Wildman–Crippen MR) is 55.2 cm³/mol. The first-order valence-corrected chi connectivity index (χ1v) is 5.16. The fourth-order valence-electron chi connectivity index (χ4n) is 1.63. The zero-order chi connectivity index (χ0) is 12.0. The molecule has 6 heteroatoms. The first-order valence-electron chi connectivity index (χ1n) is 5.16. The van der Waals surface area contributed by atoms with Gasteiger partial charge in [-0.3, -0.25) is 9.59 Å². The lowest BCUT2D eigenvalue weighted by atomic mass is 10.1. The van der Waals surface area contributed by atoms with Crippen molar-refractivity contribution in [3.63, 3.8) is 0 Å². The van der Waals surface area contributed by atoms with Crippen molar-refractivity contribution < 1.29 is 14.3 Å². The normalized spacial score (nSPS) is 16.6. The van der Waals surface area contributed by atoms with Crippen LogP contribution in [-0.4, -0.2) is 49.6 Å². The molecule has 1 rings (SSSR count). The summed E-state index contributed by atoms with van der Waals surface area (Å²) in [5.74, 6) is -1.28. The van der Waals surface area contributed by atoms with Gasteiger partial charge in [0.2, 0.25) is 0 Å². The molecule has 0 spiro atoms. The lowest BCUT2D eigenvalue weighted by Gasteiger charge is -2.30. The van der Waals surface area contributed by atoms with Gasteiger partial charge >= 0.3 is 11.8 Å². The molecule has 0 aromatic heterocycles. The standard InChI is InChI=1S/C10H15N3O3/c1-16-8-2-6-13(7-3-8)10(15)9(14)12-5-4-11/h8H,2-3,5-7H2,1H3,(H,12,14). The lowest BCUT2D eigenvalue weighted by Crippen LogP contribution is -2.47. The molecular weight excluding hydrogens is 210 g/mol. The topological polar surface area (TPSA) is 82.4 Å². The molecule has 0 aromatic rings. The second-order valence-electron chi connectivity index (χ2n) is 3.57. The number of rotatable bonds is 2. The molecule has 1 N–H and O–H groups in total. The van der Waals surface area contributed by atoms with Crippen molar-refractivity contribution in [1.82, 2.24) is 10.2 Å². The van der Waals surface area contributed by atoms with Gasteiger partial charge in [-0.2, -0.15) is 5.26 Å². The largest absolute Gasteiger partial charge is 0.381 e. The van der Waals surface area contributed by atoms with Crippen LogP contribution in [0, 0.1) is 11.3 Å². The smallest absolute Gasteiger partial charge is 0.311 e. The number of hydrogen-bond acceptors (Lipinski definition) is 4. The second kappa shape index (κ2) is 6.08. The predicted octanol–water partition coefficient (Wildman–Crippen LogP) is -0.736. The van der Waals surface area contributed by atoms with E-state index in [0.29, 0.717) is 13.1 Å². The Kier molecular flexibility index (Phi) is 4.73. The minimum absolute atomic E-state index is 0.140. The van der Waals surface area contributed by atoms with Crippen molar-refractivity contribution in [2.45, 2.75) is 18.9 Å². The van der Waals surface area contributed by atoms with Gasteiger partial charge in [-0.1, -0.05) is 0 Å². The fraction of sp³-hybridized carbons (Fsp3) is 0.700. The molecule has 0 aliphatic carbocycles. The Bertz CT molecular complexity index is 303. The fourth-order valence-corrected chi connectivity index (χ4v) is 1.63.